The number of nitrogens with zero attached hydrogens (tertiary/aromatic N) is 2. The summed E-state index contributed by atoms with van der Waals surface area (Å²) in [6.07, 6.45) is 3.61. The van der Waals surface area contributed by atoms with E-state index in [1.54, 1.807) is 18.2 Å². The van der Waals surface area contributed by atoms with Gasteiger partial charge in [-0.25, -0.2) is 4.98 Å². The van der Waals surface area contributed by atoms with Crippen molar-refractivity contribution in [2.45, 2.75) is 45.6 Å². The van der Waals surface area contributed by atoms with Crippen LogP contribution in [0.25, 0.3) is 0 Å². The van der Waals surface area contributed by atoms with Gasteiger partial charge < -0.3 is 26.4 Å². The number of piperidine rings is 1. The number of nitrogens with two attached hydrogens (primary N) is 1. The van der Waals surface area contributed by atoms with Crippen molar-refractivity contribution in [2.75, 3.05) is 23.7 Å². The number of para-hydroxylation sites is 1. The van der Waals surface area contributed by atoms with E-state index in [4.69, 9.17) is 22.1 Å². The van der Waals surface area contributed by atoms with Crippen LogP contribution in [0.1, 0.15) is 54.1 Å². The molecule has 0 radical (unpaired) electrons. The Labute approximate surface area is 221 Å². The second kappa shape index (κ2) is 11.6. The molecule has 0 aliphatic carbocycles. The van der Waals surface area contributed by atoms with Gasteiger partial charge in [-0.15, -0.1) is 0 Å². The molecule has 1 saturated heterocycles. The first kappa shape index (κ1) is 26.4. The van der Waals surface area contributed by atoms with Crippen LogP contribution in [0.4, 0.5) is 23.1 Å². The van der Waals surface area contributed by atoms with Gasteiger partial charge in [0.15, 0.2) is 5.82 Å². The van der Waals surface area contributed by atoms with E-state index in [1.807, 2.05) is 13.8 Å². The van der Waals surface area contributed by atoms with Crippen molar-refractivity contribution >= 4 is 46.4 Å². The van der Waals surface area contributed by atoms with Gasteiger partial charge in [-0.2, -0.15) is 4.98 Å². The first-order valence-electron chi connectivity index (χ1n) is 12.2. The van der Waals surface area contributed by atoms with Crippen LogP contribution in [0.15, 0.2) is 42.6 Å². The number of aryl methyl sites for hydroxylation is 1. The standard InChI is InChI=1S/C27H31ClN6O3/c1-15(2)37-23-13-19(17-8-10-30-11-9-17)16(3)12-22(23)33-27-31-14-20(28)26(34-27)32-21-7-5-4-6-18(21)24(35)25(29)36/h4-7,12-15,17,30H,8-11H2,1-3H3,(H2,29,36)(H2,31,32,33,34). The molecular weight excluding hydrogens is 492 g/mol. The van der Waals surface area contributed by atoms with Crippen LogP contribution in [-0.2, 0) is 4.79 Å². The van der Waals surface area contributed by atoms with Crippen molar-refractivity contribution in [1.82, 2.24) is 15.3 Å². The molecule has 5 N–H and O–H groups in total. The van der Waals surface area contributed by atoms with Crippen molar-refractivity contribution in [2.24, 2.45) is 5.73 Å². The molecule has 3 aromatic rings. The minimum atomic E-state index is -1.05. The molecule has 37 heavy (non-hydrogen) atoms. The number of carbonyl (C=O) groups excluding carboxylic acids is 2. The first-order chi connectivity index (χ1) is 17.7. The Balaban J connectivity index is 1.64. The van der Waals surface area contributed by atoms with Gasteiger partial charge in [0.1, 0.15) is 10.8 Å². The van der Waals surface area contributed by atoms with Crippen molar-refractivity contribution in [3.8, 4) is 5.75 Å². The van der Waals surface area contributed by atoms with Gasteiger partial charge in [0, 0.05) is 0 Å². The number of hydrogen-bond acceptors (Lipinski definition) is 8. The molecule has 9 nitrogen and oxygen atoms in total. The van der Waals surface area contributed by atoms with E-state index in [9.17, 15) is 9.59 Å². The fraction of sp³-hybridized carbons (Fsp3) is 0.333. The third-order valence-electron chi connectivity index (χ3n) is 6.15. The number of benzene rings is 2. The van der Waals surface area contributed by atoms with Crippen molar-refractivity contribution < 1.29 is 14.3 Å². The summed E-state index contributed by atoms with van der Waals surface area (Å²) in [6, 6.07) is 10.7. The number of halogens is 1. The van der Waals surface area contributed by atoms with Crippen molar-refractivity contribution in [3.05, 3.63) is 64.3 Å². The number of ether oxygens (including phenoxy) is 1. The van der Waals surface area contributed by atoms with Crippen LogP contribution in [0.5, 0.6) is 5.75 Å². The average molecular weight is 523 g/mol. The van der Waals surface area contributed by atoms with Gasteiger partial charge in [-0.05, 0) is 88.0 Å². The van der Waals surface area contributed by atoms with Gasteiger partial charge in [0.2, 0.25) is 5.95 Å². The second-order valence-corrected chi connectivity index (χ2v) is 9.68. The number of aromatic nitrogens is 2. The van der Waals surface area contributed by atoms with Crippen LogP contribution in [-0.4, -0.2) is 40.9 Å². The maximum absolute atomic E-state index is 12.2. The van der Waals surface area contributed by atoms with Gasteiger partial charge in [-0.1, -0.05) is 23.7 Å². The normalized spacial score (nSPS) is 13.9. The molecular formula is C27H31ClN6O3. The number of Topliss-reactive ketones (excluding diaryl/α,β-unsaturated/α-hetero) is 1. The topological polar surface area (TPSA) is 131 Å². The van der Waals surface area contributed by atoms with Crippen LogP contribution in [0.3, 0.4) is 0 Å². The molecule has 0 atom stereocenters. The SMILES string of the molecule is Cc1cc(Nc2ncc(Cl)c(Nc3ccccc3C(=O)C(N)=O)n2)c(OC(C)C)cc1C1CCNCC1. The Morgan fingerprint density at radius 2 is 1.86 bits per heavy atom. The molecule has 2 heterocycles. The third-order valence-corrected chi connectivity index (χ3v) is 6.43. The van der Waals surface area contributed by atoms with Crippen LogP contribution >= 0.6 is 11.6 Å². The number of ketones is 1. The maximum Gasteiger partial charge on any atom is 0.289 e. The summed E-state index contributed by atoms with van der Waals surface area (Å²) in [7, 11) is 0. The van der Waals surface area contributed by atoms with E-state index in [2.05, 4.69) is 45.0 Å². The third kappa shape index (κ3) is 6.36. The molecule has 0 spiro atoms. The van der Waals surface area contributed by atoms with Crippen LogP contribution in [0.2, 0.25) is 5.02 Å². The molecule has 1 fully saturated rings. The van der Waals surface area contributed by atoms with Crippen LogP contribution < -0.4 is 26.4 Å². The smallest absolute Gasteiger partial charge is 0.289 e. The Bertz CT molecular complexity index is 1310. The summed E-state index contributed by atoms with van der Waals surface area (Å²) < 4.78 is 6.16. The molecule has 2 aromatic carbocycles. The number of carbonyl (C=O) groups is 2. The molecule has 10 heteroatoms. The number of amides is 1. The Morgan fingerprint density at radius 1 is 1.14 bits per heavy atom. The molecule has 0 unspecified atom stereocenters. The summed E-state index contributed by atoms with van der Waals surface area (Å²) in [5.41, 5.74) is 8.86. The predicted molar refractivity (Wildman–Crippen MR) is 145 cm³/mol. The Kier molecular flexibility index (Phi) is 8.25. The zero-order valence-electron chi connectivity index (χ0n) is 21.1. The van der Waals surface area contributed by atoms with Gasteiger partial charge in [0.25, 0.3) is 11.7 Å². The quantitative estimate of drug-likeness (QED) is 0.232. The predicted octanol–water partition coefficient (Wildman–Crippen LogP) is 4.85. The highest BCUT2D eigenvalue weighted by Crippen LogP contribution is 2.37. The summed E-state index contributed by atoms with van der Waals surface area (Å²) in [4.78, 5) is 32.5. The fourth-order valence-corrected chi connectivity index (χ4v) is 4.55. The van der Waals surface area contributed by atoms with Crippen LogP contribution in [0, 0.1) is 6.92 Å². The van der Waals surface area contributed by atoms with Crippen molar-refractivity contribution in [1.29, 1.82) is 0 Å². The monoisotopic (exact) mass is 522 g/mol. The minimum absolute atomic E-state index is 0.0215. The lowest BCUT2D eigenvalue weighted by molar-refractivity contribution is -0.114. The maximum atomic E-state index is 12.2. The lowest BCUT2D eigenvalue weighted by Crippen LogP contribution is -2.27. The highest BCUT2D eigenvalue weighted by Gasteiger charge is 2.21. The molecule has 0 bridgehead atoms. The molecule has 1 aliphatic rings. The van der Waals surface area contributed by atoms with E-state index >= 15 is 0 Å². The van der Waals surface area contributed by atoms with E-state index in [0.717, 1.165) is 42.9 Å². The number of hydrogen-bond donors (Lipinski definition) is 4. The molecule has 1 aliphatic heterocycles. The van der Waals surface area contributed by atoms with E-state index in [1.165, 1.54) is 17.8 Å². The summed E-state index contributed by atoms with van der Waals surface area (Å²) >= 11 is 6.35. The Morgan fingerprint density at radius 3 is 2.57 bits per heavy atom. The van der Waals surface area contributed by atoms with Gasteiger partial charge >= 0.3 is 0 Å². The van der Waals surface area contributed by atoms with E-state index < -0.39 is 11.7 Å². The van der Waals surface area contributed by atoms with E-state index in [-0.39, 0.29) is 28.5 Å². The number of anilines is 4. The minimum Gasteiger partial charge on any atom is -0.489 e. The van der Waals surface area contributed by atoms with E-state index in [0.29, 0.717) is 11.6 Å². The molecule has 0 saturated carbocycles. The Hall–Kier alpha value is -3.69. The van der Waals surface area contributed by atoms with Crippen molar-refractivity contribution in [3.63, 3.8) is 0 Å². The fourth-order valence-electron chi connectivity index (χ4n) is 4.41. The second-order valence-electron chi connectivity index (χ2n) is 9.27. The highest BCUT2D eigenvalue weighted by atomic mass is 35.5. The summed E-state index contributed by atoms with van der Waals surface area (Å²) in [6.45, 7) is 8.09. The van der Waals surface area contributed by atoms with Gasteiger partial charge in [0.05, 0.1) is 29.2 Å². The molecule has 1 aromatic heterocycles. The summed E-state index contributed by atoms with van der Waals surface area (Å²) in [5, 5.41) is 9.94. The molecule has 4 rings (SSSR count). The highest BCUT2D eigenvalue weighted by molar-refractivity contribution is 6.43. The average Bonchev–Trinajstić information content (AvgIpc) is 2.87. The zero-order chi connectivity index (χ0) is 26.5. The molecule has 194 valence electrons. The first-order valence-corrected chi connectivity index (χ1v) is 12.6. The summed E-state index contributed by atoms with van der Waals surface area (Å²) in [5.74, 6) is -0.112. The number of rotatable bonds is 9. The lowest BCUT2D eigenvalue weighted by atomic mass is 9.87. The number of primary amides is 1. The largest absolute Gasteiger partial charge is 0.489 e. The number of nitrogens with one attached hydrogen (secondary N) is 3. The zero-order valence-corrected chi connectivity index (χ0v) is 21.9. The lowest BCUT2D eigenvalue weighted by Gasteiger charge is -2.26. The molecule has 1 amide bonds. The van der Waals surface area contributed by atoms with Gasteiger partial charge in [-0.3, -0.25) is 9.59 Å².